The Balaban J connectivity index is 1.36. The molecule has 0 saturated carbocycles. The molecule has 0 aromatic heterocycles. The van der Waals surface area contributed by atoms with Crippen molar-refractivity contribution < 1.29 is 14.2 Å². The van der Waals surface area contributed by atoms with Gasteiger partial charge in [0, 0.05) is 18.1 Å². The largest absolute Gasteiger partial charge is 0.389 e. The third-order valence-corrected chi connectivity index (χ3v) is 5.17. The highest BCUT2D eigenvalue weighted by Gasteiger charge is 2.24. The van der Waals surface area contributed by atoms with Gasteiger partial charge in [0.15, 0.2) is 0 Å². The Morgan fingerprint density at radius 1 is 1.19 bits per heavy atom. The fourth-order valence-corrected chi connectivity index (χ4v) is 3.66. The van der Waals surface area contributed by atoms with Gasteiger partial charge < -0.3 is 14.7 Å². The summed E-state index contributed by atoms with van der Waals surface area (Å²) in [5.74, 6) is 0.360. The molecule has 3 rings (SSSR count). The van der Waals surface area contributed by atoms with E-state index in [0.29, 0.717) is 30.7 Å². The Morgan fingerprint density at radius 2 is 1.96 bits per heavy atom. The quantitative estimate of drug-likeness (QED) is 0.756. The third-order valence-electron chi connectivity index (χ3n) is 4.80. The van der Waals surface area contributed by atoms with E-state index in [-0.39, 0.29) is 5.82 Å². The van der Waals surface area contributed by atoms with Crippen molar-refractivity contribution in [3.05, 3.63) is 70.5 Å². The lowest BCUT2D eigenvalue weighted by molar-refractivity contribution is 0.0129. The number of halogens is 2. The van der Waals surface area contributed by atoms with Crippen LogP contribution < -0.4 is 0 Å². The van der Waals surface area contributed by atoms with Crippen molar-refractivity contribution in [2.75, 3.05) is 26.2 Å². The maximum atomic E-state index is 13.0. The first-order valence-electron chi connectivity index (χ1n) is 9.06. The van der Waals surface area contributed by atoms with Gasteiger partial charge in [0.2, 0.25) is 0 Å². The van der Waals surface area contributed by atoms with Gasteiger partial charge in [0.25, 0.3) is 0 Å². The van der Waals surface area contributed by atoms with Crippen molar-refractivity contribution in [3.63, 3.8) is 0 Å². The Kier molecular flexibility index (Phi) is 7.03. The van der Waals surface area contributed by atoms with Gasteiger partial charge in [-0.05, 0) is 54.6 Å². The van der Waals surface area contributed by atoms with Gasteiger partial charge in [0.1, 0.15) is 5.82 Å². The average Bonchev–Trinajstić information content (AvgIpc) is 3.05. The second-order valence-corrected chi connectivity index (χ2v) is 7.41. The van der Waals surface area contributed by atoms with Gasteiger partial charge in [-0.15, -0.1) is 0 Å². The first-order chi connectivity index (χ1) is 12.6. The van der Waals surface area contributed by atoms with E-state index in [1.165, 1.54) is 17.7 Å². The smallest absolute Gasteiger partial charge is 0.123 e. The topological polar surface area (TPSA) is 32.7 Å². The predicted octanol–water partition coefficient (Wildman–Crippen LogP) is 3.92. The molecule has 1 aliphatic heterocycles. The summed E-state index contributed by atoms with van der Waals surface area (Å²) in [6, 6.07) is 14.3. The summed E-state index contributed by atoms with van der Waals surface area (Å²) in [4.78, 5) is 2.28. The summed E-state index contributed by atoms with van der Waals surface area (Å²) in [5, 5.41) is 10.9. The van der Waals surface area contributed by atoms with Crippen molar-refractivity contribution >= 4 is 11.6 Å². The monoisotopic (exact) mass is 377 g/mol. The average molecular weight is 378 g/mol. The molecule has 5 heteroatoms. The Labute approximate surface area is 159 Å². The van der Waals surface area contributed by atoms with Crippen molar-refractivity contribution in [1.29, 1.82) is 0 Å². The SMILES string of the molecule is OC(COCc1ccccc1Cl)CN1CCC(Cc2ccc(F)cc2)C1. The van der Waals surface area contributed by atoms with Crippen LogP contribution in [0.1, 0.15) is 17.5 Å². The van der Waals surface area contributed by atoms with Crippen molar-refractivity contribution in [2.24, 2.45) is 5.92 Å². The highest BCUT2D eigenvalue weighted by Crippen LogP contribution is 2.21. The minimum atomic E-state index is -0.512. The molecule has 0 aliphatic carbocycles. The van der Waals surface area contributed by atoms with E-state index >= 15 is 0 Å². The van der Waals surface area contributed by atoms with E-state index in [2.05, 4.69) is 4.90 Å². The van der Waals surface area contributed by atoms with E-state index < -0.39 is 6.10 Å². The standard InChI is InChI=1S/C21H25ClFNO2/c22-21-4-2-1-3-18(21)14-26-15-20(25)13-24-10-9-17(12-24)11-16-5-7-19(23)8-6-16/h1-8,17,20,25H,9-15H2. The van der Waals surface area contributed by atoms with Crippen LogP contribution in [0.2, 0.25) is 5.02 Å². The van der Waals surface area contributed by atoms with Crippen LogP contribution in [0.5, 0.6) is 0 Å². The Bertz CT molecular complexity index is 695. The minimum Gasteiger partial charge on any atom is -0.389 e. The molecule has 26 heavy (non-hydrogen) atoms. The van der Waals surface area contributed by atoms with Crippen LogP contribution in [0.15, 0.2) is 48.5 Å². The highest BCUT2D eigenvalue weighted by atomic mass is 35.5. The second-order valence-electron chi connectivity index (χ2n) is 7.01. The lowest BCUT2D eigenvalue weighted by Crippen LogP contribution is -2.33. The van der Waals surface area contributed by atoms with E-state index in [1.807, 2.05) is 36.4 Å². The Hall–Kier alpha value is -1.46. The molecule has 1 fully saturated rings. The van der Waals surface area contributed by atoms with Gasteiger partial charge in [-0.2, -0.15) is 0 Å². The number of rotatable bonds is 8. The number of aliphatic hydroxyl groups excluding tert-OH is 1. The first kappa shape index (κ1) is 19.3. The molecule has 0 amide bonds. The number of likely N-dealkylation sites (tertiary alicyclic amines) is 1. The van der Waals surface area contributed by atoms with Gasteiger partial charge in [-0.1, -0.05) is 41.9 Å². The maximum absolute atomic E-state index is 13.0. The number of ether oxygens (including phenoxy) is 1. The predicted molar refractivity (Wildman–Crippen MR) is 102 cm³/mol. The highest BCUT2D eigenvalue weighted by molar-refractivity contribution is 6.31. The normalized spacial score (nSPS) is 19.0. The summed E-state index contributed by atoms with van der Waals surface area (Å²) < 4.78 is 18.6. The van der Waals surface area contributed by atoms with Crippen molar-refractivity contribution in [2.45, 2.75) is 25.6 Å². The summed E-state index contributed by atoms with van der Waals surface area (Å²) >= 11 is 6.10. The Morgan fingerprint density at radius 3 is 2.73 bits per heavy atom. The summed E-state index contributed by atoms with van der Waals surface area (Å²) in [6.07, 6.45) is 1.54. The lowest BCUT2D eigenvalue weighted by Gasteiger charge is -2.20. The molecule has 1 heterocycles. The van der Waals surface area contributed by atoms with Crippen LogP contribution in [0.3, 0.4) is 0 Å². The fraction of sp³-hybridized carbons (Fsp3) is 0.429. The number of hydrogen-bond acceptors (Lipinski definition) is 3. The van der Waals surface area contributed by atoms with E-state index in [1.54, 1.807) is 0 Å². The van der Waals surface area contributed by atoms with Crippen molar-refractivity contribution in [1.82, 2.24) is 4.90 Å². The van der Waals surface area contributed by atoms with Gasteiger partial charge in [-0.25, -0.2) is 4.39 Å². The van der Waals surface area contributed by atoms with Crippen LogP contribution in [0, 0.1) is 11.7 Å². The molecule has 1 aliphatic rings. The molecule has 140 valence electrons. The van der Waals surface area contributed by atoms with Crippen molar-refractivity contribution in [3.8, 4) is 0 Å². The molecule has 2 aromatic rings. The zero-order valence-electron chi connectivity index (χ0n) is 14.8. The summed E-state index contributed by atoms with van der Waals surface area (Å²) in [6.45, 7) is 3.25. The summed E-state index contributed by atoms with van der Waals surface area (Å²) in [7, 11) is 0. The lowest BCUT2D eigenvalue weighted by atomic mass is 9.99. The molecule has 2 atom stereocenters. The molecule has 0 bridgehead atoms. The molecule has 1 N–H and O–H groups in total. The third kappa shape index (κ3) is 5.78. The number of β-amino-alcohol motifs (C(OH)–C–C–N with tert-alkyl or cyclic N) is 1. The molecule has 0 spiro atoms. The number of nitrogens with zero attached hydrogens (tertiary/aromatic N) is 1. The number of benzene rings is 2. The maximum Gasteiger partial charge on any atom is 0.123 e. The summed E-state index contributed by atoms with van der Waals surface area (Å²) in [5.41, 5.74) is 2.10. The van der Waals surface area contributed by atoms with Gasteiger partial charge in [-0.3, -0.25) is 0 Å². The number of aliphatic hydroxyl groups is 1. The fourth-order valence-electron chi connectivity index (χ4n) is 3.47. The molecule has 3 nitrogen and oxygen atoms in total. The van der Waals surface area contributed by atoms with Gasteiger partial charge >= 0.3 is 0 Å². The first-order valence-corrected chi connectivity index (χ1v) is 9.44. The van der Waals surface area contributed by atoms with Crippen LogP contribution in [-0.2, 0) is 17.8 Å². The number of hydrogen-bond donors (Lipinski definition) is 1. The molecular formula is C21H25ClFNO2. The van der Waals surface area contributed by atoms with E-state index in [4.69, 9.17) is 16.3 Å². The van der Waals surface area contributed by atoms with Crippen LogP contribution in [-0.4, -0.2) is 42.4 Å². The van der Waals surface area contributed by atoms with Crippen LogP contribution in [0.4, 0.5) is 4.39 Å². The zero-order valence-corrected chi connectivity index (χ0v) is 15.5. The molecule has 1 saturated heterocycles. The minimum absolute atomic E-state index is 0.193. The molecule has 0 radical (unpaired) electrons. The van der Waals surface area contributed by atoms with Crippen LogP contribution >= 0.6 is 11.6 Å². The molecule has 2 unspecified atom stereocenters. The van der Waals surface area contributed by atoms with Crippen LogP contribution in [0.25, 0.3) is 0 Å². The second kappa shape index (κ2) is 9.47. The zero-order chi connectivity index (χ0) is 18.4. The van der Waals surface area contributed by atoms with E-state index in [9.17, 15) is 9.50 Å². The van der Waals surface area contributed by atoms with Gasteiger partial charge in [0.05, 0.1) is 19.3 Å². The van der Waals surface area contributed by atoms with E-state index in [0.717, 1.165) is 31.5 Å². The molecule has 2 aromatic carbocycles. The molecular weight excluding hydrogens is 353 g/mol.